The minimum absolute atomic E-state index is 0.0264. The Kier molecular flexibility index (Phi) is 5.85. The molecule has 0 aliphatic rings. The Labute approximate surface area is 151 Å². The van der Waals surface area contributed by atoms with Gasteiger partial charge in [-0.15, -0.1) is 0 Å². The summed E-state index contributed by atoms with van der Waals surface area (Å²) >= 11 is 0. The van der Waals surface area contributed by atoms with Crippen molar-refractivity contribution in [1.29, 1.82) is 0 Å². The molecule has 3 N–H and O–H groups in total. The molecule has 2 aromatic rings. The maximum atomic E-state index is 12.8. The maximum Gasteiger partial charge on any atom is 0.490 e. The lowest BCUT2D eigenvalue weighted by Gasteiger charge is -2.32. The van der Waals surface area contributed by atoms with Crippen molar-refractivity contribution in [2.75, 3.05) is 13.2 Å². The quantitative estimate of drug-likeness (QED) is 0.499. The Morgan fingerprint density at radius 2 is 2.04 bits per heavy atom. The molecule has 0 radical (unpaired) electrons. The van der Waals surface area contributed by atoms with Gasteiger partial charge in [0.15, 0.2) is 0 Å². The minimum atomic E-state index is -1.80. The number of carbonyl (C=O) groups is 1. The van der Waals surface area contributed by atoms with Crippen molar-refractivity contribution in [2.24, 2.45) is 5.41 Å². The van der Waals surface area contributed by atoms with Gasteiger partial charge >= 0.3 is 13.1 Å². The van der Waals surface area contributed by atoms with Crippen molar-refractivity contribution < 1.29 is 24.7 Å². The van der Waals surface area contributed by atoms with Crippen LogP contribution >= 0.6 is 0 Å². The number of aliphatic hydroxyl groups excluding tert-OH is 1. The van der Waals surface area contributed by atoms with E-state index in [0.717, 1.165) is 0 Å². The molecule has 0 saturated heterocycles. The molecule has 1 atom stereocenters. The van der Waals surface area contributed by atoms with E-state index in [2.05, 4.69) is 4.98 Å². The summed E-state index contributed by atoms with van der Waals surface area (Å²) in [7, 11) is -1.80. The molecule has 2 rings (SSSR count). The molecule has 140 valence electrons. The molecule has 0 spiro atoms. The zero-order valence-electron chi connectivity index (χ0n) is 15.3. The lowest BCUT2D eigenvalue weighted by molar-refractivity contribution is 0.0522. The second-order valence-electron chi connectivity index (χ2n) is 7.08. The number of hydrogen-bond donors (Lipinski definition) is 3. The number of hydrogen-bond acceptors (Lipinski definition) is 7. The summed E-state index contributed by atoms with van der Waals surface area (Å²) in [6.45, 7) is 7.22. The van der Waals surface area contributed by atoms with E-state index in [0.29, 0.717) is 0 Å². The van der Waals surface area contributed by atoms with Crippen LogP contribution < -0.4 is 10.9 Å². The number of ether oxygens (including phenoxy) is 1. The average molecular weight is 362 g/mol. The van der Waals surface area contributed by atoms with E-state index in [-0.39, 0.29) is 35.3 Å². The third-order valence-corrected chi connectivity index (χ3v) is 4.19. The third-order valence-electron chi connectivity index (χ3n) is 4.19. The fourth-order valence-electron chi connectivity index (χ4n) is 2.76. The smallest absolute Gasteiger partial charge is 0.462 e. The van der Waals surface area contributed by atoms with Gasteiger partial charge in [-0.1, -0.05) is 20.8 Å². The highest BCUT2D eigenvalue weighted by Gasteiger charge is 2.29. The van der Waals surface area contributed by atoms with Crippen LogP contribution in [0.5, 0.6) is 0 Å². The van der Waals surface area contributed by atoms with Gasteiger partial charge in [-0.3, -0.25) is 4.79 Å². The predicted molar refractivity (Wildman–Crippen MR) is 97.4 cm³/mol. The van der Waals surface area contributed by atoms with E-state index in [1.165, 1.54) is 18.5 Å². The molecule has 0 aromatic carbocycles. The largest absolute Gasteiger partial charge is 0.490 e. The molecule has 9 heteroatoms. The molecule has 0 unspecified atom stereocenters. The van der Waals surface area contributed by atoms with Crippen LogP contribution in [0.25, 0.3) is 11.0 Å². The molecule has 0 saturated carbocycles. The predicted octanol–water partition coefficient (Wildman–Crippen LogP) is -0.168. The standard InChI is InChI=1S/C17H23BN2O6/c1-5-26-16(23)12-8-20(13(9-21)17(2,3)4)15-11(14(12)22)6-10(7-19-15)18(24)25/h6-8,13,21,24-25H,5,9H2,1-4H3/t13-/m1/s1. The van der Waals surface area contributed by atoms with Gasteiger partial charge in [-0.2, -0.15) is 0 Å². The van der Waals surface area contributed by atoms with Crippen molar-refractivity contribution in [3.8, 4) is 0 Å². The molecule has 26 heavy (non-hydrogen) atoms. The summed E-state index contributed by atoms with van der Waals surface area (Å²) in [5.74, 6) is -0.784. The van der Waals surface area contributed by atoms with Gasteiger partial charge in [0.1, 0.15) is 11.2 Å². The topological polar surface area (TPSA) is 122 Å². The minimum Gasteiger partial charge on any atom is -0.462 e. The zero-order valence-corrected chi connectivity index (χ0v) is 15.3. The fraction of sp³-hybridized carbons (Fsp3) is 0.471. The highest BCUT2D eigenvalue weighted by atomic mass is 16.5. The second-order valence-corrected chi connectivity index (χ2v) is 7.08. The lowest BCUT2D eigenvalue weighted by Crippen LogP contribution is -2.34. The Bertz CT molecular complexity index is 872. The van der Waals surface area contributed by atoms with Crippen LogP contribution in [-0.2, 0) is 4.74 Å². The summed E-state index contributed by atoms with van der Waals surface area (Å²) < 4.78 is 6.52. The van der Waals surface area contributed by atoms with Crippen molar-refractivity contribution in [2.45, 2.75) is 33.7 Å². The molecule has 8 nitrogen and oxygen atoms in total. The third kappa shape index (κ3) is 3.79. The molecule has 0 fully saturated rings. The number of nitrogens with zero attached hydrogens (tertiary/aromatic N) is 2. The highest BCUT2D eigenvalue weighted by molar-refractivity contribution is 6.58. The van der Waals surface area contributed by atoms with Crippen LogP contribution in [0.4, 0.5) is 0 Å². The molecule has 0 aliphatic carbocycles. The monoisotopic (exact) mass is 362 g/mol. The van der Waals surface area contributed by atoms with Crippen molar-refractivity contribution in [3.05, 3.63) is 34.2 Å². The van der Waals surface area contributed by atoms with Gasteiger partial charge in [0.05, 0.1) is 24.6 Å². The molecule has 0 aliphatic heterocycles. The number of esters is 1. The molecule has 2 aromatic heterocycles. The Balaban J connectivity index is 2.87. The number of rotatable bonds is 5. The summed E-state index contributed by atoms with van der Waals surface area (Å²) in [6.07, 6.45) is 2.58. The average Bonchev–Trinajstić information content (AvgIpc) is 2.56. The maximum absolute atomic E-state index is 12.8. The first-order valence-corrected chi connectivity index (χ1v) is 8.30. The normalized spacial score (nSPS) is 12.9. The first-order valence-electron chi connectivity index (χ1n) is 8.30. The number of aliphatic hydroxyl groups is 1. The molecule has 0 bridgehead atoms. The van der Waals surface area contributed by atoms with E-state index in [9.17, 15) is 24.7 Å². The van der Waals surface area contributed by atoms with Crippen molar-refractivity contribution in [3.63, 3.8) is 0 Å². The Morgan fingerprint density at radius 1 is 1.38 bits per heavy atom. The van der Waals surface area contributed by atoms with E-state index in [4.69, 9.17) is 4.74 Å². The van der Waals surface area contributed by atoms with Gasteiger partial charge in [0.25, 0.3) is 0 Å². The Morgan fingerprint density at radius 3 is 2.54 bits per heavy atom. The van der Waals surface area contributed by atoms with Crippen LogP contribution in [0, 0.1) is 5.41 Å². The van der Waals surface area contributed by atoms with Crippen molar-refractivity contribution >= 4 is 29.6 Å². The summed E-state index contributed by atoms with van der Waals surface area (Å²) in [5.41, 5.74) is -0.955. The summed E-state index contributed by atoms with van der Waals surface area (Å²) in [6, 6.07) is 0.808. The van der Waals surface area contributed by atoms with Gasteiger partial charge in [0, 0.05) is 17.9 Å². The Hall–Kier alpha value is -2.23. The SMILES string of the molecule is CCOC(=O)c1cn([C@H](CO)C(C)(C)C)c2ncc(B(O)O)cc2c1=O. The van der Waals surface area contributed by atoms with E-state index >= 15 is 0 Å². The number of aromatic nitrogens is 2. The van der Waals surface area contributed by atoms with Gasteiger partial charge in [-0.05, 0) is 18.4 Å². The van der Waals surface area contributed by atoms with Crippen LogP contribution in [0.1, 0.15) is 44.1 Å². The number of fused-ring (bicyclic) bond motifs is 1. The van der Waals surface area contributed by atoms with Gasteiger partial charge in [0.2, 0.25) is 5.43 Å². The molecular weight excluding hydrogens is 339 g/mol. The van der Waals surface area contributed by atoms with E-state index < -0.39 is 30.0 Å². The van der Waals surface area contributed by atoms with Crippen molar-refractivity contribution in [1.82, 2.24) is 9.55 Å². The van der Waals surface area contributed by atoms with Crippen LogP contribution in [-0.4, -0.2) is 51.0 Å². The molecule has 0 amide bonds. The molecule has 2 heterocycles. The highest BCUT2D eigenvalue weighted by Crippen LogP contribution is 2.31. The van der Waals surface area contributed by atoms with E-state index in [1.54, 1.807) is 11.5 Å². The lowest BCUT2D eigenvalue weighted by atomic mass is 9.81. The first-order chi connectivity index (χ1) is 12.1. The second kappa shape index (κ2) is 7.57. The van der Waals surface area contributed by atoms with Gasteiger partial charge < -0.3 is 24.5 Å². The first kappa shape index (κ1) is 20.1. The van der Waals surface area contributed by atoms with Crippen LogP contribution in [0.15, 0.2) is 23.3 Å². The summed E-state index contributed by atoms with van der Waals surface area (Å²) in [4.78, 5) is 29.1. The van der Waals surface area contributed by atoms with Gasteiger partial charge in [-0.25, -0.2) is 9.78 Å². The van der Waals surface area contributed by atoms with Crippen LogP contribution in [0.3, 0.4) is 0 Å². The molecular formula is C17H23BN2O6. The zero-order chi connectivity index (χ0) is 19.6. The number of carbonyl (C=O) groups excluding carboxylic acids is 1. The number of pyridine rings is 2. The van der Waals surface area contributed by atoms with E-state index in [1.807, 2.05) is 20.8 Å². The summed E-state index contributed by atoms with van der Waals surface area (Å²) in [5, 5.41) is 28.7. The van der Waals surface area contributed by atoms with Crippen LogP contribution in [0.2, 0.25) is 0 Å². The fourth-order valence-corrected chi connectivity index (χ4v) is 2.76.